The monoisotopic (exact) mass is 210 g/mol. The van der Waals surface area contributed by atoms with Gasteiger partial charge in [-0.1, -0.05) is 0 Å². The van der Waals surface area contributed by atoms with E-state index in [1.807, 2.05) is 0 Å². The van der Waals surface area contributed by atoms with Crippen molar-refractivity contribution >= 4 is 21.7 Å². The zero-order chi connectivity index (χ0) is 7.98. The van der Waals surface area contributed by atoms with Crippen molar-refractivity contribution in [3.8, 4) is 0 Å². The number of hydrogen-bond donors (Lipinski definition) is 0. The van der Waals surface area contributed by atoms with E-state index in [9.17, 15) is 9.18 Å². The van der Waals surface area contributed by atoms with Gasteiger partial charge >= 0.3 is 0 Å². The Morgan fingerprint density at radius 3 is 2.90 bits per heavy atom. The zero-order valence-corrected chi connectivity index (χ0v) is 7.10. The van der Waals surface area contributed by atoms with E-state index in [2.05, 4.69) is 20.7 Å². The zero-order valence-electron chi connectivity index (χ0n) is 5.51. The Labute approximate surface area is 67.2 Å². The first-order valence-corrected chi connectivity index (χ1v) is 3.70. The molecule has 1 atom stereocenters. The summed E-state index contributed by atoms with van der Waals surface area (Å²) in [6.07, 6.45) is 2.22. The summed E-state index contributed by atoms with van der Waals surface area (Å²) >= 11 is 2.47. The lowest BCUT2D eigenvalue weighted by molar-refractivity contribution is -0.116. The van der Waals surface area contributed by atoms with E-state index in [0.29, 0.717) is 6.61 Å². The van der Waals surface area contributed by atoms with Crippen molar-refractivity contribution in [1.29, 1.82) is 0 Å². The minimum atomic E-state index is -1.62. The third-order valence-corrected chi connectivity index (χ3v) is 1.16. The molecule has 0 saturated heterocycles. The number of rotatable bonds is 4. The summed E-state index contributed by atoms with van der Waals surface area (Å²) in [6, 6.07) is 0. The van der Waals surface area contributed by atoms with E-state index in [0.717, 1.165) is 6.08 Å². The maximum absolute atomic E-state index is 12.0. The van der Waals surface area contributed by atoms with Crippen LogP contribution in [-0.2, 0) is 9.53 Å². The minimum Gasteiger partial charge on any atom is -0.501 e. The Hall–Kier alpha value is -0.380. The molecule has 4 heteroatoms. The van der Waals surface area contributed by atoms with Gasteiger partial charge in [0.05, 0.1) is 12.9 Å². The minimum absolute atomic E-state index is 0.475. The molecule has 0 spiro atoms. The fraction of sp³-hybridized carbons (Fsp3) is 0.500. The summed E-state index contributed by atoms with van der Waals surface area (Å²) in [7, 11) is 0. The highest BCUT2D eigenvalue weighted by atomic mass is 79.9. The highest BCUT2D eigenvalue weighted by Gasteiger charge is 2.07. The number of alkyl halides is 2. The van der Waals surface area contributed by atoms with Crippen LogP contribution in [0.1, 0.15) is 6.92 Å². The van der Waals surface area contributed by atoms with Crippen LogP contribution in [0, 0.1) is 0 Å². The topological polar surface area (TPSA) is 26.3 Å². The second kappa shape index (κ2) is 5.41. The van der Waals surface area contributed by atoms with E-state index < -0.39 is 10.9 Å². The summed E-state index contributed by atoms with van der Waals surface area (Å²) in [5.41, 5.74) is 0. The van der Waals surface area contributed by atoms with Gasteiger partial charge in [-0.3, -0.25) is 4.79 Å². The van der Waals surface area contributed by atoms with Gasteiger partial charge in [-0.25, -0.2) is 4.39 Å². The molecule has 10 heavy (non-hydrogen) atoms. The highest BCUT2D eigenvalue weighted by molar-refractivity contribution is 9.09. The van der Waals surface area contributed by atoms with Crippen molar-refractivity contribution in [2.75, 3.05) is 6.61 Å². The van der Waals surface area contributed by atoms with Gasteiger partial charge in [0, 0.05) is 6.08 Å². The SMILES string of the molecule is CCO/C=C/C(=O)C(F)Br. The summed E-state index contributed by atoms with van der Waals surface area (Å²) in [6.45, 7) is 2.25. The van der Waals surface area contributed by atoms with Crippen LogP contribution < -0.4 is 0 Å². The molecule has 0 aliphatic rings. The number of ether oxygens (including phenoxy) is 1. The van der Waals surface area contributed by atoms with Gasteiger partial charge in [0.25, 0.3) is 0 Å². The molecule has 0 aromatic carbocycles. The van der Waals surface area contributed by atoms with Crippen LogP contribution in [0.25, 0.3) is 0 Å². The number of ketones is 1. The quantitative estimate of drug-likeness (QED) is 0.402. The van der Waals surface area contributed by atoms with E-state index in [-0.39, 0.29) is 0 Å². The molecule has 0 aliphatic heterocycles. The molecular weight excluding hydrogens is 203 g/mol. The lowest BCUT2D eigenvalue weighted by Crippen LogP contribution is -2.03. The van der Waals surface area contributed by atoms with Gasteiger partial charge in [0.1, 0.15) is 0 Å². The van der Waals surface area contributed by atoms with Crippen LogP contribution in [0.15, 0.2) is 12.3 Å². The molecule has 2 nitrogen and oxygen atoms in total. The summed E-state index contributed by atoms with van der Waals surface area (Å²) < 4.78 is 16.6. The number of hydrogen-bond acceptors (Lipinski definition) is 2. The Balaban J connectivity index is 3.56. The smallest absolute Gasteiger partial charge is 0.216 e. The fourth-order valence-electron chi connectivity index (χ4n) is 0.284. The predicted molar refractivity (Wildman–Crippen MR) is 39.6 cm³/mol. The van der Waals surface area contributed by atoms with Crippen LogP contribution >= 0.6 is 15.9 Å². The third kappa shape index (κ3) is 4.49. The van der Waals surface area contributed by atoms with Crippen molar-refractivity contribution in [2.24, 2.45) is 0 Å². The van der Waals surface area contributed by atoms with Gasteiger partial charge in [-0.2, -0.15) is 0 Å². The molecule has 0 fully saturated rings. The van der Waals surface area contributed by atoms with Crippen LogP contribution in [0.3, 0.4) is 0 Å². The van der Waals surface area contributed by atoms with E-state index in [4.69, 9.17) is 0 Å². The maximum atomic E-state index is 12.0. The predicted octanol–water partition coefficient (Wildman–Crippen LogP) is 1.80. The molecule has 0 aromatic rings. The second-order valence-electron chi connectivity index (χ2n) is 1.46. The van der Waals surface area contributed by atoms with Crippen LogP contribution in [0.4, 0.5) is 4.39 Å². The summed E-state index contributed by atoms with van der Waals surface area (Å²) in [5, 5.41) is -1.62. The van der Waals surface area contributed by atoms with Gasteiger partial charge < -0.3 is 4.74 Å². The molecule has 58 valence electrons. The lowest BCUT2D eigenvalue weighted by atomic mass is 10.4. The van der Waals surface area contributed by atoms with Gasteiger partial charge in [-0.15, -0.1) is 0 Å². The molecular formula is C6H8BrFO2. The molecule has 0 N–H and O–H groups in total. The number of carbonyl (C=O) groups excluding carboxylic acids is 1. The first-order chi connectivity index (χ1) is 4.68. The summed E-state index contributed by atoms with van der Waals surface area (Å²) in [5.74, 6) is -0.645. The molecule has 0 bridgehead atoms. The Morgan fingerprint density at radius 2 is 2.50 bits per heavy atom. The first kappa shape index (κ1) is 9.62. The van der Waals surface area contributed by atoms with E-state index in [1.54, 1.807) is 6.92 Å². The van der Waals surface area contributed by atoms with Crippen LogP contribution in [-0.4, -0.2) is 17.5 Å². The molecule has 0 aromatic heterocycles. The second-order valence-corrected chi connectivity index (χ2v) is 2.27. The standard InChI is InChI=1S/C6H8BrFO2/c1-2-10-4-3-5(9)6(7)8/h3-4,6H,2H2,1H3/b4-3+. The van der Waals surface area contributed by atoms with E-state index >= 15 is 0 Å². The number of halogens is 2. The average Bonchev–Trinajstić information content (AvgIpc) is 1.88. The largest absolute Gasteiger partial charge is 0.501 e. The van der Waals surface area contributed by atoms with Crippen LogP contribution in [0.2, 0.25) is 0 Å². The van der Waals surface area contributed by atoms with Crippen molar-refractivity contribution in [3.63, 3.8) is 0 Å². The van der Waals surface area contributed by atoms with E-state index in [1.165, 1.54) is 6.26 Å². The molecule has 0 amide bonds. The molecule has 1 unspecified atom stereocenters. The maximum Gasteiger partial charge on any atom is 0.216 e. The first-order valence-electron chi connectivity index (χ1n) is 2.78. The van der Waals surface area contributed by atoms with Gasteiger partial charge in [0.15, 0.2) is 0 Å². The lowest BCUT2D eigenvalue weighted by Gasteiger charge is -1.92. The van der Waals surface area contributed by atoms with Crippen molar-refractivity contribution in [3.05, 3.63) is 12.3 Å². The number of allylic oxidation sites excluding steroid dienone is 1. The average molecular weight is 211 g/mol. The molecule has 0 heterocycles. The Kier molecular flexibility index (Phi) is 5.20. The van der Waals surface area contributed by atoms with Crippen molar-refractivity contribution < 1.29 is 13.9 Å². The molecule has 0 saturated carbocycles. The van der Waals surface area contributed by atoms with Crippen molar-refractivity contribution in [1.82, 2.24) is 0 Å². The molecule has 0 aliphatic carbocycles. The third-order valence-electron chi connectivity index (χ3n) is 0.710. The molecule has 0 radical (unpaired) electrons. The van der Waals surface area contributed by atoms with Crippen molar-refractivity contribution in [2.45, 2.75) is 12.0 Å². The number of carbonyl (C=O) groups is 1. The van der Waals surface area contributed by atoms with Gasteiger partial charge in [-0.05, 0) is 22.9 Å². The normalized spacial score (nSPS) is 13.5. The van der Waals surface area contributed by atoms with Crippen LogP contribution in [0.5, 0.6) is 0 Å². The summed E-state index contributed by atoms with van der Waals surface area (Å²) in [4.78, 5) is 10.4. The molecule has 0 rings (SSSR count). The Bertz CT molecular complexity index is 134. The fourth-order valence-corrected chi connectivity index (χ4v) is 0.437. The highest BCUT2D eigenvalue weighted by Crippen LogP contribution is 2.02. The van der Waals surface area contributed by atoms with Gasteiger partial charge in [0.2, 0.25) is 10.9 Å². The Morgan fingerprint density at radius 1 is 1.90 bits per heavy atom.